The Bertz CT molecular complexity index is 397. The Hall–Kier alpha value is -1.32. The van der Waals surface area contributed by atoms with Gasteiger partial charge in [-0.15, -0.1) is 6.58 Å². The van der Waals surface area contributed by atoms with Gasteiger partial charge in [0.2, 0.25) is 11.8 Å². The van der Waals surface area contributed by atoms with Gasteiger partial charge in [-0.2, -0.15) is 0 Å². The summed E-state index contributed by atoms with van der Waals surface area (Å²) in [6, 6.07) is -0.340. The van der Waals surface area contributed by atoms with Crippen LogP contribution in [0.2, 0.25) is 0 Å². The van der Waals surface area contributed by atoms with E-state index in [-0.39, 0.29) is 17.9 Å². The van der Waals surface area contributed by atoms with Crippen molar-refractivity contribution >= 4 is 11.8 Å². The first-order valence-corrected chi connectivity index (χ1v) is 7.74. The van der Waals surface area contributed by atoms with Crippen LogP contribution in [0.15, 0.2) is 12.7 Å². The van der Waals surface area contributed by atoms with Gasteiger partial charge in [0.25, 0.3) is 0 Å². The van der Waals surface area contributed by atoms with E-state index in [9.17, 15) is 9.59 Å². The molecule has 1 saturated carbocycles. The fraction of sp³-hybridized carbons (Fsp3) is 0.750. The lowest BCUT2D eigenvalue weighted by molar-refractivity contribution is -0.156. The van der Waals surface area contributed by atoms with Crippen molar-refractivity contribution in [3.8, 4) is 0 Å². The molecule has 0 bridgehead atoms. The third-order valence-corrected chi connectivity index (χ3v) is 4.44. The molecule has 1 spiro atoms. The fourth-order valence-corrected chi connectivity index (χ4v) is 3.45. The molecular weight excluding hydrogens is 252 g/mol. The van der Waals surface area contributed by atoms with Gasteiger partial charge in [-0.05, 0) is 25.2 Å². The van der Waals surface area contributed by atoms with Gasteiger partial charge < -0.3 is 10.2 Å². The molecule has 2 aliphatic rings. The number of nitrogens with zero attached hydrogens (tertiary/aromatic N) is 1. The number of carbonyl (C=O) groups excluding carboxylic acids is 2. The zero-order chi connectivity index (χ0) is 14.8. The Kier molecular flexibility index (Phi) is 4.51. The van der Waals surface area contributed by atoms with Crippen LogP contribution < -0.4 is 5.32 Å². The van der Waals surface area contributed by atoms with E-state index in [1.165, 1.54) is 0 Å². The van der Waals surface area contributed by atoms with E-state index in [4.69, 9.17) is 0 Å². The summed E-state index contributed by atoms with van der Waals surface area (Å²) in [5.41, 5.74) is -0.633. The number of carbonyl (C=O) groups is 2. The third-order valence-electron chi connectivity index (χ3n) is 4.44. The smallest absolute Gasteiger partial charge is 0.249 e. The van der Waals surface area contributed by atoms with Crippen molar-refractivity contribution in [3.05, 3.63) is 12.7 Å². The Morgan fingerprint density at radius 2 is 2.00 bits per heavy atom. The van der Waals surface area contributed by atoms with Crippen molar-refractivity contribution in [2.75, 3.05) is 6.54 Å². The SMILES string of the molecule is C=CCN1C(=O)C2(CCCCC2)NC(=O)C1CC(C)C. The topological polar surface area (TPSA) is 49.4 Å². The Balaban J connectivity index is 2.25. The van der Waals surface area contributed by atoms with E-state index < -0.39 is 5.54 Å². The molecule has 1 aliphatic heterocycles. The number of piperazine rings is 1. The summed E-state index contributed by atoms with van der Waals surface area (Å²) in [6.45, 7) is 8.36. The quantitative estimate of drug-likeness (QED) is 0.802. The normalized spacial score (nSPS) is 25.9. The standard InChI is InChI=1S/C16H26N2O2/c1-4-10-18-13(11-12(2)3)14(19)17-16(15(18)20)8-6-5-7-9-16/h4,12-13H,1,5-11H2,2-3H3,(H,17,19). The van der Waals surface area contributed by atoms with Gasteiger partial charge in [0, 0.05) is 6.54 Å². The van der Waals surface area contributed by atoms with Crippen molar-refractivity contribution in [1.82, 2.24) is 10.2 Å². The molecular formula is C16H26N2O2. The second-order valence-corrected chi connectivity index (χ2v) is 6.52. The molecule has 1 N–H and O–H groups in total. The van der Waals surface area contributed by atoms with E-state index in [0.29, 0.717) is 18.9 Å². The molecule has 112 valence electrons. The predicted molar refractivity (Wildman–Crippen MR) is 79.1 cm³/mol. The summed E-state index contributed by atoms with van der Waals surface area (Å²) in [5.74, 6) is 0.496. The molecule has 2 rings (SSSR count). The van der Waals surface area contributed by atoms with Crippen LogP contribution in [0.1, 0.15) is 52.4 Å². The van der Waals surface area contributed by atoms with E-state index in [0.717, 1.165) is 32.1 Å². The molecule has 0 aromatic heterocycles. The van der Waals surface area contributed by atoms with Crippen LogP contribution >= 0.6 is 0 Å². The highest BCUT2D eigenvalue weighted by molar-refractivity contribution is 6.00. The summed E-state index contributed by atoms with van der Waals surface area (Å²) in [4.78, 5) is 27.1. The van der Waals surface area contributed by atoms with E-state index >= 15 is 0 Å². The maximum Gasteiger partial charge on any atom is 0.249 e. The van der Waals surface area contributed by atoms with Crippen molar-refractivity contribution < 1.29 is 9.59 Å². The van der Waals surface area contributed by atoms with Gasteiger partial charge in [0.15, 0.2) is 0 Å². The Morgan fingerprint density at radius 3 is 2.55 bits per heavy atom. The molecule has 1 atom stereocenters. The number of nitrogens with one attached hydrogen (secondary N) is 1. The van der Waals surface area contributed by atoms with Gasteiger partial charge in [-0.1, -0.05) is 39.2 Å². The van der Waals surface area contributed by atoms with Crippen molar-refractivity contribution in [2.24, 2.45) is 5.92 Å². The average Bonchev–Trinajstić information content (AvgIpc) is 2.41. The number of hydrogen-bond donors (Lipinski definition) is 1. The summed E-state index contributed by atoms with van der Waals surface area (Å²) < 4.78 is 0. The van der Waals surface area contributed by atoms with Crippen molar-refractivity contribution in [2.45, 2.75) is 64.0 Å². The minimum atomic E-state index is -0.633. The van der Waals surface area contributed by atoms with Crippen LogP contribution in [-0.2, 0) is 9.59 Å². The molecule has 4 heteroatoms. The van der Waals surface area contributed by atoms with E-state index in [1.807, 2.05) is 0 Å². The lowest BCUT2D eigenvalue weighted by Gasteiger charge is -2.47. The van der Waals surface area contributed by atoms with Crippen LogP contribution in [0, 0.1) is 5.92 Å². The molecule has 1 saturated heterocycles. The van der Waals surface area contributed by atoms with Gasteiger partial charge in [0.05, 0.1) is 0 Å². The van der Waals surface area contributed by atoms with Crippen LogP contribution in [-0.4, -0.2) is 34.8 Å². The summed E-state index contributed by atoms with van der Waals surface area (Å²) in [5, 5.41) is 3.06. The predicted octanol–water partition coefficient (Wildman–Crippen LogP) is 2.25. The maximum absolute atomic E-state index is 12.9. The molecule has 4 nitrogen and oxygen atoms in total. The lowest BCUT2D eigenvalue weighted by Crippen LogP contribution is -2.70. The van der Waals surface area contributed by atoms with Gasteiger partial charge in [0.1, 0.15) is 11.6 Å². The summed E-state index contributed by atoms with van der Waals surface area (Å²) in [6.07, 6.45) is 7.18. The highest BCUT2D eigenvalue weighted by Gasteiger charge is 2.50. The number of hydrogen-bond acceptors (Lipinski definition) is 2. The highest BCUT2D eigenvalue weighted by atomic mass is 16.2. The minimum Gasteiger partial charge on any atom is -0.340 e. The van der Waals surface area contributed by atoms with Crippen LogP contribution in [0.25, 0.3) is 0 Å². The molecule has 0 radical (unpaired) electrons. The molecule has 20 heavy (non-hydrogen) atoms. The first kappa shape index (κ1) is 15.1. The second kappa shape index (κ2) is 5.98. The molecule has 0 aromatic carbocycles. The van der Waals surface area contributed by atoms with Crippen molar-refractivity contribution in [3.63, 3.8) is 0 Å². The Labute approximate surface area is 121 Å². The number of rotatable bonds is 4. The molecule has 1 heterocycles. The summed E-state index contributed by atoms with van der Waals surface area (Å²) in [7, 11) is 0. The van der Waals surface area contributed by atoms with Gasteiger partial charge in [-0.3, -0.25) is 9.59 Å². The lowest BCUT2D eigenvalue weighted by atomic mass is 9.78. The molecule has 2 amide bonds. The highest BCUT2D eigenvalue weighted by Crippen LogP contribution is 2.34. The Morgan fingerprint density at radius 1 is 1.35 bits per heavy atom. The van der Waals surface area contributed by atoms with Gasteiger partial charge >= 0.3 is 0 Å². The maximum atomic E-state index is 12.9. The van der Waals surface area contributed by atoms with E-state index in [1.54, 1.807) is 11.0 Å². The third kappa shape index (κ3) is 2.74. The summed E-state index contributed by atoms with van der Waals surface area (Å²) >= 11 is 0. The van der Waals surface area contributed by atoms with Crippen LogP contribution in [0.4, 0.5) is 0 Å². The zero-order valence-electron chi connectivity index (χ0n) is 12.7. The average molecular weight is 278 g/mol. The minimum absolute atomic E-state index is 0.0158. The van der Waals surface area contributed by atoms with Crippen LogP contribution in [0.5, 0.6) is 0 Å². The first-order valence-electron chi connectivity index (χ1n) is 7.74. The van der Waals surface area contributed by atoms with Crippen molar-refractivity contribution in [1.29, 1.82) is 0 Å². The fourth-order valence-electron chi connectivity index (χ4n) is 3.45. The molecule has 0 aromatic rings. The zero-order valence-corrected chi connectivity index (χ0v) is 12.7. The molecule has 2 fully saturated rings. The van der Waals surface area contributed by atoms with E-state index in [2.05, 4.69) is 25.7 Å². The monoisotopic (exact) mass is 278 g/mol. The first-order chi connectivity index (χ1) is 9.50. The largest absolute Gasteiger partial charge is 0.340 e. The van der Waals surface area contributed by atoms with Gasteiger partial charge in [-0.25, -0.2) is 0 Å². The number of amides is 2. The molecule has 1 aliphatic carbocycles. The second-order valence-electron chi connectivity index (χ2n) is 6.52. The van der Waals surface area contributed by atoms with Crippen LogP contribution in [0.3, 0.4) is 0 Å². The molecule has 1 unspecified atom stereocenters.